The van der Waals surface area contributed by atoms with Gasteiger partial charge in [-0.05, 0) is 25.7 Å². The molecule has 1 unspecified atom stereocenters. The van der Waals surface area contributed by atoms with Crippen molar-refractivity contribution in [1.82, 2.24) is 9.55 Å². The van der Waals surface area contributed by atoms with Gasteiger partial charge in [0.05, 0.1) is 18.2 Å². The zero-order valence-electron chi connectivity index (χ0n) is 12.3. The third kappa shape index (κ3) is 2.71. The predicted molar refractivity (Wildman–Crippen MR) is 76.2 cm³/mol. The molecule has 1 spiro atoms. The first kappa shape index (κ1) is 13.2. The van der Waals surface area contributed by atoms with Crippen LogP contribution in [0.2, 0.25) is 0 Å². The second kappa shape index (κ2) is 5.28. The van der Waals surface area contributed by atoms with E-state index in [-0.39, 0.29) is 5.60 Å². The Morgan fingerprint density at radius 2 is 2.11 bits per heavy atom. The summed E-state index contributed by atoms with van der Waals surface area (Å²) < 4.78 is 8.74. The second-order valence-corrected chi connectivity index (χ2v) is 6.61. The Morgan fingerprint density at radius 1 is 1.32 bits per heavy atom. The highest BCUT2D eigenvalue weighted by Gasteiger charge is 2.40. The topological polar surface area (TPSA) is 27.1 Å². The summed E-state index contributed by atoms with van der Waals surface area (Å²) >= 11 is 0. The summed E-state index contributed by atoms with van der Waals surface area (Å²) in [5.74, 6) is 1.67. The molecular weight excluding hydrogens is 236 g/mol. The normalized spacial score (nSPS) is 26.4. The molecule has 0 amide bonds. The molecule has 0 N–H and O–H groups in total. The van der Waals surface area contributed by atoms with E-state index in [0.29, 0.717) is 12.0 Å². The van der Waals surface area contributed by atoms with Crippen LogP contribution in [0.4, 0.5) is 0 Å². The summed E-state index contributed by atoms with van der Waals surface area (Å²) in [6.07, 6.45) is 13.6. The molecule has 3 heteroatoms. The lowest BCUT2D eigenvalue weighted by molar-refractivity contribution is -0.0682. The van der Waals surface area contributed by atoms with Gasteiger partial charge in [0.15, 0.2) is 0 Å². The molecule has 1 atom stereocenters. The van der Waals surface area contributed by atoms with Crippen LogP contribution in [0.15, 0.2) is 12.4 Å². The van der Waals surface area contributed by atoms with Gasteiger partial charge in [-0.2, -0.15) is 0 Å². The monoisotopic (exact) mass is 262 g/mol. The van der Waals surface area contributed by atoms with Gasteiger partial charge in [-0.15, -0.1) is 0 Å². The van der Waals surface area contributed by atoms with Crippen molar-refractivity contribution < 1.29 is 4.74 Å². The van der Waals surface area contributed by atoms with Crippen molar-refractivity contribution in [1.29, 1.82) is 0 Å². The van der Waals surface area contributed by atoms with Crippen LogP contribution in [0, 0.1) is 0 Å². The van der Waals surface area contributed by atoms with Gasteiger partial charge in [0.2, 0.25) is 0 Å². The third-order valence-electron chi connectivity index (χ3n) is 4.77. The molecule has 0 bridgehead atoms. The van der Waals surface area contributed by atoms with Crippen molar-refractivity contribution in [3.8, 4) is 0 Å². The fourth-order valence-corrected chi connectivity index (χ4v) is 3.78. The van der Waals surface area contributed by atoms with E-state index in [0.717, 1.165) is 6.54 Å². The second-order valence-electron chi connectivity index (χ2n) is 6.61. The number of hydrogen-bond acceptors (Lipinski definition) is 2. The summed E-state index contributed by atoms with van der Waals surface area (Å²) in [4.78, 5) is 4.47. The maximum Gasteiger partial charge on any atom is 0.111 e. The van der Waals surface area contributed by atoms with Crippen molar-refractivity contribution in [3.05, 3.63) is 18.2 Å². The van der Waals surface area contributed by atoms with E-state index in [1.54, 1.807) is 0 Å². The summed E-state index contributed by atoms with van der Waals surface area (Å²) in [5.41, 5.74) is 0.238. The van der Waals surface area contributed by atoms with Crippen molar-refractivity contribution in [2.75, 3.05) is 0 Å². The lowest BCUT2D eigenvalue weighted by atomic mass is 9.83. The standard InChI is InChI=1S/C16H26N2O/c1-13(2)15-17-10-11-18(15)12-14-6-9-16(19-14)7-4-3-5-8-16/h10-11,13-14H,3-9,12H2,1-2H3. The van der Waals surface area contributed by atoms with Crippen LogP contribution in [-0.4, -0.2) is 21.3 Å². The maximum atomic E-state index is 6.45. The van der Waals surface area contributed by atoms with Gasteiger partial charge in [0.25, 0.3) is 0 Å². The average molecular weight is 262 g/mol. The molecule has 1 aromatic heterocycles. The van der Waals surface area contributed by atoms with Crippen LogP contribution in [0.25, 0.3) is 0 Å². The smallest absolute Gasteiger partial charge is 0.111 e. The van der Waals surface area contributed by atoms with Crippen LogP contribution < -0.4 is 0 Å². The lowest BCUT2D eigenvalue weighted by Gasteiger charge is -2.33. The lowest BCUT2D eigenvalue weighted by Crippen LogP contribution is -2.32. The van der Waals surface area contributed by atoms with Gasteiger partial charge in [-0.1, -0.05) is 33.1 Å². The molecule has 1 saturated heterocycles. The Morgan fingerprint density at radius 3 is 2.84 bits per heavy atom. The third-order valence-corrected chi connectivity index (χ3v) is 4.77. The summed E-state index contributed by atoms with van der Waals surface area (Å²) in [6, 6.07) is 0. The van der Waals surface area contributed by atoms with Gasteiger partial charge in [0.1, 0.15) is 5.82 Å². The van der Waals surface area contributed by atoms with Crippen molar-refractivity contribution >= 4 is 0 Å². The Bertz CT molecular complexity index is 418. The Labute approximate surface area is 116 Å². The zero-order chi connectivity index (χ0) is 13.3. The van der Waals surface area contributed by atoms with Gasteiger partial charge >= 0.3 is 0 Å². The minimum Gasteiger partial charge on any atom is -0.370 e. The first-order chi connectivity index (χ1) is 9.19. The molecule has 2 aliphatic rings. The van der Waals surface area contributed by atoms with Gasteiger partial charge in [-0.25, -0.2) is 4.98 Å². The molecule has 0 aromatic carbocycles. The van der Waals surface area contributed by atoms with Crippen molar-refractivity contribution in [3.63, 3.8) is 0 Å². The van der Waals surface area contributed by atoms with Crippen LogP contribution >= 0.6 is 0 Å². The van der Waals surface area contributed by atoms with E-state index in [1.807, 2.05) is 6.20 Å². The van der Waals surface area contributed by atoms with E-state index in [9.17, 15) is 0 Å². The molecule has 3 rings (SSSR count). The number of rotatable bonds is 3. The molecule has 106 valence electrons. The number of hydrogen-bond donors (Lipinski definition) is 0. The number of imidazole rings is 1. The molecule has 3 nitrogen and oxygen atoms in total. The van der Waals surface area contributed by atoms with Crippen molar-refractivity contribution in [2.45, 2.75) is 83.0 Å². The molecule has 1 aliphatic heterocycles. The summed E-state index contributed by atoms with van der Waals surface area (Å²) in [5, 5.41) is 0. The van der Waals surface area contributed by atoms with Crippen LogP contribution in [0.3, 0.4) is 0 Å². The number of ether oxygens (including phenoxy) is 1. The average Bonchev–Trinajstić information content (AvgIpc) is 2.99. The molecule has 2 fully saturated rings. The molecule has 1 aromatic rings. The predicted octanol–water partition coefficient (Wildman–Crippen LogP) is 3.89. The largest absolute Gasteiger partial charge is 0.370 e. The minimum atomic E-state index is 0.238. The first-order valence-electron chi connectivity index (χ1n) is 7.87. The highest BCUT2D eigenvalue weighted by molar-refractivity contribution is 4.99. The summed E-state index contributed by atoms with van der Waals surface area (Å²) in [6.45, 7) is 5.39. The first-order valence-corrected chi connectivity index (χ1v) is 7.87. The number of nitrogens with zero attached hydrogens (tertiary/aromatic N) is 2. The van der Waals surface area contributed by atoms with Crippen molar-refractivity contribution in [2.24, 2.45) is 0 Å². The summed E-state index contributed by atoms with van der Waals surface area (Å²) in [7, 11) is 0. The molecule has 0 radical (unpaired) electrons. The minimum absolute atomic E-state index is 0.238. The van der Waals surface area contributed by atoms with Gasteiger partial charge in [-0.3, -0.25) is 0 Å². The van der Waals surface area contributed by atoms with Crippen LogP contribution in [-0.2, 0) is 11.3 Å². The molecule has 1 aliphatic carbocycles. The highest BCUT2D eigenvalue weighted by Crippen LogP contribution is 2.42. The van der Waals surface area contributed by atoms with E-state index >= 15 is 0 Å². The van der Waals surface area contributed by atoms with Gasteiger partial charge < -0.3 is 9.30 Å². The SMILES string of the molecule is CC(C)c1nccn1CC1CCC2(CCCCC2)O1. The van der Waals surface area contributed by atoms with E-state index in [4.69, 9.17) is 4.74 Å². The quantitative estimate of drug-likeness (QED) is 0.826. The molecular formula is C16H26N2O. The number of aromatic nitrogens is 2. The fourth-order valence-electron chi connectivity index (χ4n) is 3.78. The van der Waals surface area contributed by atoms with E-state index < -0.39 is 0 Å². The Kier molecular flexibility index (Phi) is 3.66. The Balaban J connectivity index is 1.64. The van der Waals surface area contributed by atoms with Crippen LogP contribution in [0.5, 0.6) is 0 Å². The Hall–Kier alpha value is -0.830. The van der Waals surface area contributed by atoms with E-state index in [2.05, 4.69) is 29.6 Å². The van der Waals surface area contributed by atoms with E-state index in [1.165, 1.54) is 50.8 Å². The highest BCUT2D eigenvalue weighted by atomic mass is 16.5. The van der Waals surface area contributed by atoms with Gasteiger partial charge in [0, 0.05) is 18.3 Å². The fraction of sp³-hybridized carbons (Fsp3) is 0.812. The maximum absolute atomic E-state index is 6.45. The molecule has 2 heterocycles. The zero-order valence-corrected chi connectivity index (χ0v) is 12.3. The molecule has 19 heavy (non-hydrogen) atoms. The molecule has 1 saturated carbocycles. The van der Waals surface area contributed by atoms with Crippen LogP contribution in [0.1, 0.15) is 70.5 Å².